The van der Waals surface area contributed by atoms with Crippen LogP contribution in [0.5, 0.6) is 0 Å². The summed E-state index contributed by atoms with van der Waals surface area (Å²) in [7, 11) is 1.65. The molecule has 3 aromatic heterocycles. The second kappa shape index (κ2) is 9.27. The highest BCUT2D eigenvalue weighted by Crippen LogP contribution is 2.14. The molecule has 0 aliphatic carbocycles. The monoisotopic (exact) mass is 405 g/mol. The van der Waals surface area contributed by atoms with Gasteiger partial charge >= 0.3 is 0 Å². The van der Waals surface area contributed by atoms with E-state index in [0.717, 1.165) is 11.5 Å². The van der Waals surface area contributed by atoms with E-state index >= 15 is 0 Å². The number of carbonyl (C=O) groups excluding carboxylic acids is 1. The first-order valence-electron chi connectivity index (χ1n) is 9.73. The number of methoxy groups -OCH3 is 1. The predicted molar refractivity (Wildman–Crippen MR) is 111 cm³/mol. The van der Waals surface area contributed by atoms with E-state index in [9.17, 15) is 4.79 Å². The van der Waals surface area contributed by atoms with Crippen LogP contribution in [0.15, 0.2) is 55.2 Å². The second-order valence-corrected chi connectivity index (χ2v) is 6.86. The topological polar surface area (TPSA) is 99.8 Å². The third kappa shape index (κ3) is 4.52. The van der Waals surface area contributed by atoms with Gasteiger partial charge in [0.05, 0.1) is 25.0 Å². The summed E-state index contributed by atoms with van der Waals surface area (Å²) in [6.07, 6.45) is 5.58. The molecule has 0 spiro atoms. The van der Waals surface area contributed by atoms with Crippen molar-refractivity contribution in [3.05, 3.63) is 72.2 Å². The summed E-state index contributed by atoms with van der Waals surface area (Å²) in [5.41, 5.74) is 3.09. The molecule has 4 rings (SSSR count). The first-order valence-corrected chi connectivity index (χ1v) is 9.73. The first kappa shape index (κ1) is 19.7. The van der Waals surface area contributed by atoms with Gasteiger partial charge in [-0.3, -0.25) is 4.79 Å². The van der Waals surface area contributed by atoms with Crippen molar-refractivity contribution in [2.24, 2.45) is 0 Å². The Kier molecular flexibility index (Phi) is 6.09. The summed E-state index contributed by atoms with van der Waals surface area (Å²) < 4.78 is 8.97. The van der Waals surface area contributed by atoms with Crippen LogP contribution in [-0.4, -0.2) is 55.5 Å². The number of amides is 1. The van der Waals surface area contributed by atoms with Gasteiger partial charge in [0.25, 0.3) is 5.91 Å². The molecule has 0 aliphatic rings. The molecule has 4 aromatic rings. The first-order chi connectivity index (χ1) is 14.7. The fourth-order valence-corrected chi connectivity index (χ4v) is 3.21. The molecule has 3 heterocycles. The number of nitrogens with zero attached hydrogens (tertiary/aromatic N) is 6. The van der Waals surface area contributed by atoms with E-state index in [4.69, 9.17) is 4.74 Å². The van der Waals surface area contributed by atoms with E-state index in [2.05, 4.69) is 37.6 Å². The van der Waals surface area contributed by atoms with Gasteiger partial charge in [-0.2, -0.15) is 0 Å². The Balaban J connectivity index is 1.37. The molecule has 154 valence electrons. The number of imidazole rings is 1. The van der Waals surface area contributed by atoms with Crippen molar-refractivity contribution in [3.8, 4) is 0 Å². The van der Waals surface area contributed by atoms with Crippen molar-refractivity contribution in [2.75, 3.05) is 20.3 Å². The molecule has 0 bridgehead atoms. The van der Waals surface area contributed by atoms with Crippen LogP contribution in [0.2, 0.25) is 0 Å². The SMILES string of the molecule is COCCn1cnnc1CCNC(=O)c1cnc2c(c1)ncn2Cc1ccccc1. The molecular formula is C21H23N7O2. The summed E-state index contributed by atoms with van der Waals surface area (Å²) in [5, 5.41) is 10.9. The molecule has 1 amide bonds. The number of fused-ring (bicyclic) bond motifs is 1. The molecule has 9 heteroatoms. The highest BCUT2D eigenvalue weighted by atomic mass is 16.5. The normalized spacial score (nSPS) is 11.1. The average molecular weight is 405 g/mol. The van der Waals surface area contributed by atoms with Gasteiger partial charge in [0.2, 0.25) is 0 Å². The lowest BCUT2D eigenvalue weighted by Gasteiger charge is -2.07. The van der Waals surface area contributed by atoms with Crippen molar-refractivity contribution in [2.45, 2.75) is 19.5 Å². The molecule has 0 atom stereocenters. The van der Waals surface area contributed by atoms with Crippen LogP contribution in [0.4, 0.5) is 0 Å². The van der Waals surface area contributed by atoms with Crippen LogP contribution in [0.25, 0.3) is 11.2 Å². The number of nitrogens with one attached hydrogen (secondary N) is 1. The highest BCUT2D eigenvalue weighted by molar-refractivity contribution is 5.96. The van der Waals surface area contributed by atoms with Crippen LogP contribution in [0.3, 0.4) is 0 Å². The van der Waals surface area contributed by atoms with Gasteiger partial charge < -0.3 is 19.2 Å². The predicted octanol–water partition coefficient (Wildman–Crippen LogP) is 1.69. The van der Waals surface area contributed by atoms with Crippen molar-refractivity contribution >= 4 is 17.1 Å². The molecule has 0 unspecified atom stereocenters. The molecule has 0 saturated carbocycles. The van der Waals surface area contributed by atoms with Crippen molar-refractivity contribution < 1.29 is 9.53 Å². The molecule has 9 nitrogen and oxygen atoms in total. The molecule has 30 heavy (non-hydrogen) atoms. The minimum atomic E-state index is -0.190. The van der Waals surface area contributed by atoms with E-state index in [0.29, 0.717) is 43.7 Å². The number of carbonyl (C=O) groups is 1. The molecule has 0 aliphatic heterocycles. The Morgan fingerprint density at radius 2 is 2.00 bits per heavy atom. The van der Waals surface area contributed by atoms with E-state index in [1.54, 1.807) is 32.0 Å². The molecule has 1 N–H and O–H groups in total. The van der Waals surface area contributed by atoms with Gasteiger partial charge in [0.1, 0.15) is 17.7 Å². The number of rotatable bonds is 9. The maximum Gasteiger partial charge on any atom is 0.252 e. The number of pyridine rings is 1. The van der Waals surface area contributed by atoms with Gasteiger partial charge in [0, 0.05) is 32.8 Å². The van der Waals surface area contributed by atoms with Crippen LogP contribution < -0.4 is 5.32 Å². The quantitative estimate of drug-likeness (QED) is 0.455. The standard InChI is InChI=1S/C21H23N7O2/c1-30-10-9-27-15-25-26-19(27)7-8-22-21(29)17-11-18-20(23-12-17)28(14-24-18)13-16-5-3-2-4-6-16/h2-6,11-12,14-15H,7-10,13H2,1H3,(H,22,29). The lowest BCUT2D eigenvalue weighted by molar-refractivity contribution is 0.0953. The van der Waals surface area contributed by atoms with E-state index < -0.39 is 0 Å². The summed E-state index contributed by atoms with van der Waals surface area (Å²) in [4.78, 5) is 21.4. The van der Waals surface area contributed by atoms with Crippen LogP contribution >= 0.6 is 0 Å². The zero-order valence-electron chi connectivity index (χ0n) is 16.7. The van der Waals surface area contributed by atoms with Crippen LogP contribution in [0, 0.1) is 0 Å². The lowest BCUT2D eigenvalue weighted by Crippen LogP contribution is -2.26. The Morgan fingerprint density at radius 3 is 2.83 bits per heavy atom. The van der Waals surface area contributed by atoms with Crippen LogP contribution in [-0.2, 0) is 24.2 Å². The second-order valence-electron chi connectivity index (χ2n) is 6.86. The number of hydrogen-bond donors (Lipinski definition) is 1. The van der Waals surface area contributed by atoms with Gasteiger partial charge in [0.15, 0.2) is 5.65 Å². The Labute approximate surface area is 173 Å². The summed E-state index contributed by atoms with van der Waals surface area (Å²) in [5.74, 6) is 0.616. The third-order valence-corrected chi connectivity index (χ3v) is 4.78. The Bertz CT molecular complexity index is 1120. The van der Waals surface area contributed by atoms with E-state index in [1.807, 2.05) is 27.3 Å². The third-order valence-electron chi connectivity index (χ3n) is 4.78. The lowest BCUT2D eigenvalue weighted by atomic mass is 10.2. The zero-order chi connectivity index (χ0) is 20.8. The van der Waals surface area contributed by atoms with Crippen molar-refractivity contribution in [3.63, 3.8) is 0 Å². The van der Waals surface area contributed by atoms with Gasteiger partial charge in [-0.1, -0.05) is 30.3 Å². The number of benzene rings is 1. The minimum absolute atomic E-state index is 0.190. The number of hydrogen-bond acceptors (Lipinski definition) is 6. The fraction of sp³-hybridized carbons (Fsp3) is 0.286. The van der Waals surface area contributed by atoms with Gasteiger partial charge in [-0.05, 0) is 11.6 Å². The summed E-state index contributed by atoms with van der Waals surface area (Å²) >= 11 is 0. The number of aromatic nitrogens is 6. The molecule has 0 radical (unpaired) electrons. The van der Waals surface area contributed by atoms with Gasteiger partial charge in [-0.25, -0.2) is 9.97 Å². The molecule has 0 saturated heterocycles. The van der Waals surface area contributed by atoms with Gasteiger partial charge in [-0.15, -0.1) is 10.2 Å². The van der Waals surface area contributed by atoms with Crippen molar-refractivity contribution in [1.29, 1.82) is 0 Å². The largest absolute Gasteiger partial charge is 0.383 e. The molecule has 0 fully saturated rings. The van der Waals surface area contributed by atoms with E-state index in [-0.39, 0.29) is 5.91 Å². The smallest absolute Gasteiger partial charge is 0.252 e. The van der Waals surface area contributed by atoms with Crippen molar-refractivity contribution in [1.82, 2.24) is 34.6 Å². The van der Waals surface area contributed by atoms with Crippen LogP contribution in [0.1, 0.15) is 21.7 Å². The zero-order valence-corrected chi connectivity index (χ0v) is 16.7. The number of ether oxygens (including phenoxy) is 1. The Hall–Kier alpha value is -3.59. The minimum Gasteiger partial charge on any atom is -0.383 e. The van der Waals surface area contributed by atoms with E-state index in [1.165, 1.54) is 5.56 Å². The Morgan fingerprint density at radius 1 is 1.13 bits per heavy atom. The summed E-state index contributed by atoms with van der Waals surface area (Å²) in [6.45, 7) is 2.39. The fourth-order valence-electron chi connectivity index (χ4n) is 3.21. The maximum atomic E-state index is 12.5. The highest BCUT2D eigenvalue weighted by Gasteiger charge is 2.11. The molecular weight excluding hydrogens is 382 g/mol. The average Bonchev–Trinajstić information content (AvgIpc) is 3.39. The molecule has 1 aromatic carbocycles. The summed E-state index contributed by atoms with van der Waals surface area (Å²) in [6, 6.07) is 11.9. The maximum absolute atomic E-state index is 12.5.